The van der Waals surface area contributed by atoms with E-state index in [1.807, 2.05) is 11.4 Å². The fraction of sp³-hybridized carbons (Fsp3) is 0.727. The maximum absolute atomic E-state index is 11.6. The van der Waals surface area contributed by atoms with Crippen molar-refractivity contribution in [2.45, 2.75) is 32.6 Å². The molecule has 1 rings (SSSR count). The molecule has 0 radical (unpaired) electrons. The third-order valence-corrected chi connectivity index (χ3v) is 2.26. The van der Waals surface area contributed by atoms with Crippen LogP contribution in [-0.2, 0) is 9.53 Å². The Labute approximate surface area is 105 Å². The Morgan fingerprint density at radius 1 is 1.50 bits per heavy atom. The summed E-state index contributed by atoms with van der Waals surface area (Å²) in [6.45, 7) is 5.58. The predicted octanol–water partition coefficient (Wildman–Crippen LogP) is -0.189. The highest BCUT2D eigenvalue weighted by molar-refractivity contribution is 5.84. The van der Waals surface area contributed by atoms with Crippen LogP contribution in [0.3, 0.4) is 0 Å². The molecule has 1 aliphatic heterocycles. The minimum atomic E-state index is -1.64. The van der Waals surface area contributed by atoms with Gasteiger partial charge in [0.25, 0.3) is 5.91 Å². The van der Waals surface area contributed by atoms with E-state index in [9.17, 15) is 14.7 Å². The van der Waals surface area contributed by atoms with Gasteiger partial charge in [0.2, 0.25) is 6.23 Å². The molecule has 1 fully saturated rings. The van der Waals surface area contributed by atoms with Crippen LogP contribution in [0.25, 0.3) is 0 Å². The number of carbonyl (C=O) groups excluding carboxylic acids is 2. The van der Waals surface area contributed by atoms with Gasteiger partial charge in [-0.05, 0) is 20.8 Å². The van der Waals surface area contributed by atoms with Crippen molar-refractivity contribution in [2.75, 3.05) is 13.1 Å². The lowest BCUT2D eigenvalue weighted by molar-refractivity contribution is -0.147. The maximum atomic E-state index is 11.6. The summed E-state index contributed by atoms with van der Waals surface area (Å²) in [6, 6.07) is 2.01. The van der Waals surface area contributed by atoms with E-state index >= 15 is 0 Å². The van der Waals surface area contributed by atoms with Crippen LogP contribution in [0.4, 0.5) is 4.79 Å². The van der Waals surface area contributed by atoms with Gasteiger partial charge in [-0.3, -0.25) is 10.1 Å². The molecule has 0 spiro atoms. The highest BCUT2D eigenvalue weighted by Gasteiger charge is 2.34. The molecule has 7 nitrogen and oxygen atoms in total. The van der Waals surface area contributed by atoms with E-state index in [1.165, 1.54) is 4.90 Å². The van der Waals surface area contributed by atoms with Crippen LogP contribution in [0.15, 0.2) is 0 Å². The number of hydrogen-bond donors (Lipinski definition) is 2. The van der Waals surface area contributed by atoms with Crippen molar-refractivity contribution in [2.24, 2.45) is 5.92 Å². The van der Waals surface area contributed by atoms with Crippen molar-refractivity contribution in [3.8, 4) is 6.07 Å². The van der Waals surface area contributed by atoms with E-state index in [4.69, 9.17) is 10.00 Å². The molecule has 1 aliphatic rings. The highest BCUT2D eigenvalue weighted by atomic mass is 16.6. The molecule has 7 heteroatoms. The first-order chi connectivity index (χ1) is 8.23. The molecule has 0 aliphatic carbocycles. The zero-order valence-electron chi connectivity index (χ0n) is 10.6. The SMILES string of the molecule is CC(C)(C)OC(=O)N[C@H](O)C(=O)N1CC(C#N)C1. The quantitative estimate of drug-likeness (QED) is 0.666. The van der Waals surface area contributed by atoms with Crippen LogP contribution in [0.2, 0.25) is 0 Å². The third kappa shape index (κ3) is 3.89. The van der Waals surface area contributed by atoms with E-state index in [1.54, 1.807) is 20.8 Å². The van der Waals surface area contributed by atoms with Gasteiger partial charge >= 0.3 is 6.09 Å². The van der Waals surface area contributed by atoms with Crippen molar-refractivity contribution in [1.29, 1.82) is 5.26 Å². The summed E-state index contributed by atoms with van der Waals surface area (Å²) >= 11 is 0. The summed E-state index contributed by atoms with van der Waals surface area (Å²) in [7, 11) is 0. The number of aliphatic hydroxyl groups is 1. The number of ether oxygens (including phenoxy) is 1. The van der Waals surface area contributed by atoms with Gasteiger partial charge in [0, 0.05) is 13.1 Å². The Hall–Kier alpha value is -1.81. The predicted molar refractivity (Wildman–Crippen MR) is 61.1 cm³/mol. The minimum Gasteiger partial charge on any atom is -0.444 e. The lowest BCUT2D eigenvalue weighted by Gasteiger charge is -2.36. The van der Waals surface area contributed by atoms with E-state index in [0.717, 1.165) is 0 Å². The Balaban J connectivity index is 2.37. The smallest absolute Gasteiger partial charge is 0.410 e. The summed E-state index contributed by atoms with van der Waals surface area (Å²) < 4.78 is 4.90. The number of aliphatic hydroxyl groups excluding tert-OH is 1. The number of nitrogens with one attached hydrogen (secondary N) is 1. The van der Waals surface area contributed by atoms with Gasteiger partial charge in [-0.2, -0.15) is 5.26 Å². The summed E-state index contributed by atoms with van der Waals surface area (Å²) in [5, 5.41) is 20.1. The summed E-state index contributed by atoms with van der Waals surface area (Å²) in [6.07, 6.45) is -2.50. The fourth-order valence-corrected chi connectivity index (χ4v) is 1.39. The topological polar surface area (TPSA) is 103 Å². The second kappa shape index (κ2) is 5.23. The number of rotatable bonds is 2. The molecule has 0 saturated carbocycles. The molecular formula is C11H17N3O4. The molecule has 0 aromatic rings. The fourth-order valence-electron chi connectivity index (χ4n) is 1.39. The molecule has 0 aromatic heterocycles. The van der Waals surface area contributed by atoms with Crippen molar-refractivity contribution in [1.82, 2.24) is 10.2 Å². The van der Waals surface area contributed by atoms with Crippen LogP contribution < -0.4 is 5.32 Å². The Kier molecular flexibility index (Phi) is 4.14. The van der Waals surface area contributed by atoms with E-state index < -0.39 is 23.8 Å². The normalized spacial score (nSPS) is 17.4. The molecule has 1 saturated heterocycles. The molecule has 1 heterocycles. The number of alkyl carbamates (subject to hydrolysis) is 1. The number of hydrogen-bond acceptors (Lipinski definition) is 5. The third-order valence-electron chi connectivity index (χ3n) is 2.26. The molecule has 2 amide bonds. The Morgan fingerprint density at radius 2 is 2.06 bits per heavy atom. The van der Waals surface area contributed by atoms with E-state index in [0.29, 0.717) is 0 Å². The number of likely N-dealkylation sites (tertiary alicyclic amines) is 1. The Morgan fingerprint density at radius 3 is 2.50 bits per heavy atom. The summed E-state index contributed by atoms with van der Waals surface area (Å²) in [4.78, 5) is 24.2. The monoisotopic (exact) mass is 255 g/mol. The number of amides is 2. The van der Waals surface area contributed by atoms with Gasteiger partial charge < -0.3 is 14.7 Å². The first kappa shape index (κ1) is 14.3. The van der Waals surface area contributed by atoms with E-state index in [-0.39, 0.29) is 19.0 Å². The molecule has 0 bridgehead atoms. The van der Waals surface area contributed by atoms with Gasteiger partial charge in [-0.15, -0.1) is 0 Å². The molecule has 100 valence electrons. The molecule has 1 atom stereocenters. The number of carbonyl (C=O) groups is 2. The maximum Gasteiger partial charge on any atom is 0.410 e. The van der Waals surface area contributed by atoms with Gasteiger partial charge in [-0.25, -0.2) is 4.79 Å². The zero-order chi connectivity index (χ0) is 13.9. The number of nitriles is 1. The van der Waals surface area contributed by atoms with Crippen LogP contribution in [0.1, 0.15) is 20.8 Å². The minimum absolute atomic E-state index is 0.192. The second-order valence-corrected chi connectivity index (χ2v) is 5.12. The first-order valence-electron chi connectivity index (χ1n) is 5.59. The lowest BCUT2D eigenvalue weighted by atomic mass is 10.0. The summed E-state index contributed by atoms with van der Waals surface area (Å²) in [5.74, 6) is -0.824. The van der Waals surface area contributed by atoms with Gasteiger partial charge in [0.1, 0.15) is 5.60 Å². The molecule has 0 aromatic carbocycles. The van der Waals surface area contributed by atoms with E-state index in [2.05, 4.69) is 0 Å². The van der Waals surface area contributed by atoms with Crippen LogP contribution in [0, 0.1) is 17.2 Å². The standard InChI is InChI=1S/C11H17N3O4/c1-11(2,3)18-10(17)13-8(15)9(16)14-5-7(4-12)6-14/h7-8,15H,5-6H2,1-3H3,(H,13,17)/t8-/m1/s1. The van der Waals surface area contributed by atoms with Crippen molar-refractivity contribution in [3.63, 3.8) is 0 Å². The largest absolute Gasteiger partial charge is 0.444 e. The van der Waals surface area contributed by atoms with Crippen molar-refractivity contribution >= 4 is 12.0 Å². The van der Waals surface area contributed by atoms with Crippen LogP contribution in [-0.4, -0.2) is 46.9 Å². The summed E-state index contributed by atoms with van der Waals surface area (Å²) in [5.41, 5.74) is -0.699. The zero-order valence-corrected chi connectivity index (χ0v) is 10.6. The van der Waals surface area contributed by atoms with Crippen LogP contribution in [0.5, 0.6) is 0 Å². The molecule has 0 unspecified atom stereocenters. The van der Waals surface area contributed by atoms with Crippen LogP contribution >= 0.6 is 0 Å². The van der Waals surface area contributed by atoms with Crippen molar-refractivity contribution in [3.05, 3.63) is 0 Å². The molecule has 18 heavy (non-hydrogen) atoms. The van der Waals surface area contributed by atoms with Gasteiger partial charge in [0.15, 0.2) is 0 Å². The highest BCUT2D eigenvalue weighted by Crippen LogP contribution is 2.15. The number of nitrogens with zero attached hydrogens (tertiary/aromatic N) is 2. The second-order valence-electron chi connectivity index (χ2n) is 5.12. The average Bonchev–Trinajstić information content (AvgIpc) is 2.12. The molecular weight excluding hydrogens is 238 g/mol. The lowest BCUT2D eigenvalue weighted by Crippen LogP contribution is -2.57. The van der Waals surface area contributed by atoms with Crippen molar-refractivity contribution < 1.29 is 19.4 Å². The Bertz CT molecular complexity index is 377. The average molecular weight is 255 g/mol. The first-order valence-corrected chi connectivity index (χ1v) is 5.59. The van der Waals surface area contributed by atoms with Gasteiger partial charge in [-0.1, -0.05) is 0 Å². The van der Waals surface area contributed by atoms with Gasteiger partial charge in [0.05, 0.1) is 12.0 Å². The molecule has 2 N–H and O–H groups in total.